The predicted octanol–water partition coefficient (Wildman–Crippen LogP) is 4.16. The van der Waals surface area contributed by atoms with Gasteiger partial charge in [0.2, 0.25) is 0 Å². The van der Waals surface area contributed by atoms with Crippen molar-refractivity contribution in [2.24, 2.45) is 0 Å². The number of nitrogens with one attached hydrogen (secondary N) is 2. The molecule has 26 heavy (non-hydrogen) atoms. The van der Waals surface area contributed by atoms with Gasteiger partial charge in [-0.25, -0.2) is 5.21 Å². The van der Waals surface area contributed by atoms with Crippen LogP contribution in [0.2, 0.25) is 0 Å². The number of fused-ring (bicyclic) bond motifs is 1. The van der Waals surface area contributed by atoms with Crippen LogP contribution in [0.3, 0.4) is 0 Å². The van der Waals surface area contributed by atoms with E-state index >= 15 is 0 Å². The fourth-order valence-electron chi connectivity index (χ4n) is 3.23. The Kier molecular flexibility index (Phi) is 4.70. The molecular weight excluding hydrogens is 330 g/mol. The third kappa shape index (κ3) is 3.55. The van der Waals surface area contributed by atoms with Crippen molar-refractivity contribution in [3.05, 3.63) is 64.2 Å². The molecule has 1 aromatic heterocycles. The number of H-pyrrole nitrogens is 1. The number of aromatic nitrogens is 1. The Labute approximate surface area is 152 Å². The average molecular weight is 354 g/mol. The number of aryl methyl sites for hydroxylation is 1. The van der Waals surface area contributed by atoms with Crippen LogP contribution in [0.25, 0.3) is 10.9 Å². The van der Waals surface area contributed by atoms with Crippen molar-refractivity contribution >= 4 is 22.3 Å². The summed E-state index contributed by atoms with van der Waals surface area (Å²) in [5, 5.41) is 23.8. The maximum absolute atomic E-state index is 10.9. The van der Waals surface area contributed by atoms with Crippen LogP contribution in [0.4, 0.5) is 11.4 Å². The molecule has 0 aliphatic rings. The highest BCUT2D eigenvalue weighted by molar-refractivity contribution is 5.86. The first-order chi connectivity index (χ1) is 12.3. The third-order valence-corrected chi connectivity index (χ3v) is 4.60. The second-order valence-corrected chi connectivity index (χ2v) is 7.05. The zero-order valence-electron chi connectivity index (χ0n) is 15.2. The molecule has 0 saturated carbocycles. The number of hydrogen-bond acceptors (Lipinski definition) is 3. The van der Waals surface area contributed by atoms with Crippen LogP contribution in [0.15, 0.2) is 42.6 Å². The number of hydrogen-bond donors (Lipinski definition) is 4. The summed E-state index contributed by atoms with van der Waals surface area (Å²) in [6.07, 6.45) is 2.79. The highest BCUT2D eigenvalue weighted by Gasteiger charge is 2.20. The quantitative estimate of drug-likeness (QED) is 0.501. The smallest absolute Gasteiger partial charge is 0.316 e. The van der Waals surface area contributed by atoms with E-state index < -0.39 is 5.60 Å². The van der Waals surface area contributed by atoms with Gasteiger partial charge in [0.05, 0.1) is 16.0 Å². The maximum Gasteiger partial charge on any atom is 0.316 e. The predicted molar refractivity (Wildman–Crippen MR) is 102 cm³/mol. The molecule has 0 atom stereocenters. The van der Waals surface area contributed by atoms with Gasteiger partial charge in [0, 0.05) is 41.5 Å². The van der Waals surface area contributed by atoms with Gasteiger partial charge in [0.15, 0.2) is 0 Å². The van der Waals surface area contributed by atoms with Gasteiger partial charge in [0.25, 0.3) is 4.92 Å². The highest BCUT2D eigenvalue weighted by Crippen LogP contribution is 2.29. The van der Waals surface area contributed by atoms with Gasteiger partial charge >= 0.3 is 5.69 Å². The molecule has 1 heterocycles. The van der Waals surface area contributed by atoms with Crippen molar-refractivity contribution in [1.29, 1.82) is 0 Å². The minimum Gasteiger partial charge on any atom is -0.386 e. The van der Waals surface area contributed by atoms with E-state index in [1.807, 2.05) is 25.3 Å². The Hall–Kier alpha value is -2.86. The summed E-state index contributed by atoms with van der Waals surface area (Å²) in [6, 6.07) is 11.0. The van der Waals surface area contributed by atoms with Crippen molar-refractivity contribution in [1.82, 2.24) is 4.98 Å². The standard InChI is InChI=1S/C20H24N3O3/c1-13-11-15(23(25)26)7-8-18(13)21-10-9-14-12-22-19-16(14)5-4-6-17(19)20(2,3)24/h4-8,11-12,21-22,24H,9-10H2,1-3H3,(H,25,26)/q+1. The summed E-state index contributed by atoms with van der Waals surface area (Å²) in [6.45, 7) is 6.17. The van der Waals surface area contributed by atoms with Crippen molar-refractivity contribution in [3.8, 4) is 0 Å². The van der Waals surface area contributed by atoms with Crippen molar-refractivity contribution in [2.75, 3.05) is 11.9 Å². The number of aliphatic hydroxyl groups is 1. The number of para-hydroxylation sites is 1. The molecule has 6 nitrogen and oxygen atoms in total. The summed E-state index contributed by atoms with van der Waals surface area (Å²) in [7, 11) is 0. The Balaban J connectivity index is 1.74. The maximum atomic E-state index is 10.9. The molecule has 3 aromatic rings. The fraction of sp³-hybridized carbons (Fsp3) is 0.300. The van der Waals surface area contributed by atoms with Crippen molar-refractivity contribution < 1.29 is 15.2 Å². The highest BCUT2D eigenvalue weighted by atomic mass is 16.6. The third-order valence-electron chi connectivity index (χ3n) is 4.60. The van der Waals surface area contributed by atoms with E-state index in [0.29, 0.717) is 0 Å². The van der Waals surface area contributed by atoms with Crippen LogP contribution in [0, 0.1) is 11.8 Å². The van der Waals surface area contributed by atoms with Gasteiger partial charge in [0.1, 0.15) is 0 Å². The van der Waals surface area contributed by atoms with Gasteiger partial charge in [-0.3, -0.25) is 0 Å². The molecule has 4 N–H and O–H groups in total. The molecule has 136 valence electrons. The fourth-order valence-corrected chi connectivity index (χ4v) is 3.23. The first kappa shape index (κ1) is 17.9. The van der Waals surface area contributed by atoms with Crippen molar-refractivity contribution in [3.63, 3.8) is 0 Å². The summed E-state index contributed by atoms with van der Waals surface area (Å²) in [5.41, 5.74) is 4.15. The summed E-state index contributed by atoms with van der Waals surface area (Å²) >= 11 is 0. The van der Waals surface area contributed by atoms with E-state index in [9.17, 15) is 10.0 Å². The van der Waals surface area contributed by atoms with Crippen LogP contribution in [-0.2, 0) is 12.0 Å². The molecule has 0 unspecified atom stereocenters. The van der Waals surface area contributed by atoms with Gasteiger partial charge in [-0.2, -0.15) is 0 Å². The molecule has 0 fully saturated rings. The van der Waals surface area contributed by atoms with Gasteiger partial charge < -0.3 is 15.4 Å². The Morgan fingerprint density at radius 3 is 2.65 bits per heavy atom. The lowest BCUT2D eigenvalue weighted by molar-refractivity contribution is -0.729. The van der Waals surface area contributed by atoms with Crippen LogP contribution in [0.5, 0.6) is 0 Å². The summed E-state index contributed by atoms with van der Waals surface area (Å²) < 4.78 is 0. The number of aromatic amines is 1. The van der Waals surface area contributed by atoms with E-state index in [0.717, 1.165) is 40.7 Å². The van der Waals surface area contributed by atoms with Gasteiger partial charge in [-0.1, -0.05) is 18.2 Å². The zero-order chi connectivity index (χ0) is 18.9. The molecule has 2 aromatic carbocycles. The minimum atomic E-state index is -0.902. The molecule has 0 bridgehead atoms. The van der Waals surface area contributed by atoms with E-state index in [-0.39, 0.29) is 10.6 Å². The number of nitrogens with zero attached hydrogens (tertiary/aromatic N) is 1. The molecule has 6 heteroatoms. The van der Waals surface area contributed by atoms with Crippen LogP contribution >= 0.6 is 0 Å². The molecular formula is C20H24N3O3+. The Bertz CT molecular complexity index is 955. The first-order valence-electron chi connectivity index (χ1n) is 8.60. The Morgan fingerprint density at radius 1 is 1.23 bits per heavy atom. The van der Waals surface area contributed by atoms with Gasteiger partial charge in [-0.05, 0) is 44.4 Å². The molecule has 3 rings (SSSR count). The largest absolute Gasteiger partial charge is 0.386 e. The second kappa shape index (κ2) is 6.80. The monoisotopic (exact) mass is 354 g/mol. The van der Waals surface area contributed by atoms with Crippen LogP contribution in [-0.4, -0.2) is 26.8 Å². The van der Waals surface area contributed by atoms with Crippen LogP contribution in [0.1, 0.15) is 30.5 Å². The number of benzene rings is 2. The van der Waals surface area contributed by atoms with Crippen molar-refractivity contribution in [2.45, 2.75) is 32.8 Å². The van der Waals surface area contributed by atoms with E-state index in [1.54, 1.807) is 32.0 Å². The molecule has 0 aliphatic heterocycles. The number of anilines is 1. The molecule has 0 spiro atoms. The average Bonchev–Trinajstić information content (AvgIpc) is 2.98. The molecule has 0 aliphatic carbocycles. The van der Waals surface area contributed by atoms with E-state index in [4.69, 9.17) is 5.21 Å². The van der Waals surface area contributed by atoms with Crippen LogP contribution < -0.4 is 5.32 Å². The lowest BCUT2D eigenvalue weighted by atomic mass is 9.95. The zero-order valence-corrected chi connectivity index (χ0v) is 15.2. The second-order valence-electron chi connectivity index (χ2n) is 7.05. The van der Waals surface area contributed by atoms with E-state index in [2.05, 4.69) is 16.4 Å². The SMILES string of the molecule is Cc1cc([N+](=O)O)ccc1NCCc1c[nH]c2c(C(C)(C)O)cccc12. The Morgan fingerprint density at radius 2 is 2.00 bits per heavy atom. The number of rotatable bonds is 6. The first-order valence-corrected chi connectivity index (χ1v) is 8.60. The summed E-state index contributed by atoms with van der Waals surface area (Å²) in [4.78, 5) is 14.1. The lowest BCUT2D eigenvalue weighted by Gasteiger charge is -2.18. The lowest BCUT2D eigenvalue weighted by Crippen LogP contribution is -2.15. The summed E-state index contributed by atoms with van der Waals surface area (Å²) in [5.74, 6) is 0. The minimum absolute atomic E-state index is 0.136. The molecule has 0 radical (unpaired) electrons. The van der Waals surface area contributed by atoms with E-state index in [1.165, 1.54) is 5.56 Å². The van der Waals surface area contributed by atoms with Gasteiger partial charge in [-0.15, -0.1) is 0 Å². The molecule has 0 amide bonds. The molecule has 0 saturated heterocycles. The normalized spacial score (nSPS) is 11.7. The topological polar surface area (TPSA) is 88.4 Å².